The molecular formula is C21H33N3O3S. The van der Waals surface area contributed by atoms with E-state index in [0.29, 0.717) is 11.4 Å². The molecule has 0 aliphatic heterocycles. The quantitative estimate of drug-likeness (QED) is 0.668. The molecule has 0 fully saturated rings. The lowest BCUT2D eigenvalue weighted by Crippen LogP contribution is -2.59. The van der Waals surface area contributed by atoms with Crippen molar-refractivity contribution in [2.24, 2.45) is 0 Å². The number of likely N-dealkylation sites (N-methyl/N-ethyl adjacent to an activating group) is 1. The van der Waals surface area contributed by atoms with Crippen LogP contribution in [0.15, 0.2) is 30.3 Å². The number of alkyl carbamates (subject to hydrolysis) is 1. The van der Waals surface area contributed by atoms with Gasteiger partial charge >= 0.3 is 6.09 Å². The number of anilines is 1. The van der Waals surface area contributed by atoms with Crippen molar-refractivity contribution in [1.82, 2.24) is 10.6 Å². The number of amides is 2. The molecule has 1 rings (SSSR count). The van der Waals surface area contributed by atoms with Crippen LogP contribution in [-0.4, -0.2) is 41.2 Å². The summed E-state index contributed by atoms with van der Waals surface area (Å²) >= 11 is 5.62. The second-order valence-electron chi connectivity index (χ2n) is 8.30. The summed E-state index contributed by atoms with van der Waals surface area (Å²) in [5, 5.41) is 5.63. The van der Waals surface area contributed by atoms with Gasteiger partial charge < -0.3 is 20.3 Å². The highest BCUT2D eigenvalue weighted by Gasteiger charge is 2.32. The van der Waals surface area contributed by atoms with Gasteiger partial charge in [-0.1, -0.05) is 43.8 Å². The largest absolute Gasteiger partial charge is 0.444 e. The maximum absolute atomic E-state index is 12.9. The molecule has 2 amide bonds. The molecule has 1 aromatic carbocycles. The Bertz CT molecular complexity index is 684. The monoisotopic (exact) mass is 407 g/mol. The van der Waals surface area contributed by atoms with Gasteiger partial charge in [-0.25, -0.2) is 4.79 Å². The van der Waals surface area contributed by atoms with E-state index in [1.54, 1.807) is 20.8 Å². The first-order valence-electron chi connectivity index (χ1n) is 9.52. The summed E-state index contributed by atoms with van der Waals surface area (Å²) in [6.45, 7) is 11.0. The Morgan fingerprint density at radius 2 is 1.71 bits per heavy atom. The zero-order chi connectivity index (χ0) is 21.5. The first-order chi connectivity index (χ1) is 12.9. The summed E-state index contributed by atoms with van der Waals surface area (Å²) in [5.41, 5.74) is -0.471. The molecule has 2 N–H and O–H groups in total. The average molecular weight is 408 g/mol. The maximum atomic E-state index is 12.9. The zero-order valence-corrected chi connectivity index (χ0v) is 18.8. The molecule has 156 valence electrons. The molecule has 0 spiro atoms. The fraction of sp³-hybridized carbons (Fsp3) is 0.571. The zero-order valence-electron chi connectivity index (χ0n) is 18.0. The average Bonchev–Trinajstić information content (AvgIpc) is 2.58. The summed E-state index contributed by atoms with van der Waals surface area (Å²) in [5.74, 6) is -0.290. The van der Waals surface area contributed by atoms with Crippen LogP contribution in [0.4, 0.5) is 10.5 Å². The standard InChI is InChI=1S/C21H33N3O3S/c1-8-12-16(22-19(26)27-20(2,3)4)17(25)23-21(5,6)18(28)24(7)15-13-10-9-11-14-15/h9-11,13-14,16H,8,12H2,1-7H3,(H,22,26)(H,23,25)/t16-/m0/s1. The third kappa shape index (κ3) is 7.46. The predicted octanol–water partition coefficient (Wildman–Crippen LogP) is 4.04. The van der Waals surface area contributed by atoms with Gasteiger partial charge in [0.15, 0.2) is 0 Å². The molecule has 28 heavy (non-hydrogen) atoms. The topological polar surface area (TPSA) is 70.7 Å². The van der Waals surface area contributed by atoms with Gasteiger partial charge in [-0.3, -0.25) is 4.79 Å². The summed E-state index contributed by atoms with van der Waals surface area (Å²) in [6.07, 6.45) is 0.633. The van der Waals surface area contributed by atoms with Gasteiger partial charge in [-0.05, 0) is 53.2 Å². The molecule has 0 heterocycles. The SMILES string of the molecule is CCC[C@H](NC(=O)OC(C)(C)C)C(=O)NC(C)(C)C(=S)N(C)c1ccccc1. The molecule has 0 aromatic heterocycles. The fourth-order valence-electron chi connectivity index (χ4n) is 2.64. The second kappa shape index (κ2) is 9.87. The predicted molar refractivity (Wildman–Crippen MR) is 118 cm³/mol. The lowest BCUT2D eigenvalue weighted by molar-refractivity contribution is -0.124. The van der Waals surface area contributed by atoms with Gasteiger partial charge in [0.1, 0.15) is 16.6 Å². The fourth-order valence-corrected chi connectivity index (χ4v) is 2.80. The van der Waals surface area contributed by atoms with E-state index >= 15 is 0 Å². The van der Waals surface area contributed by atoms with Crippen LogP contribution >= 0.6 is 12.2 Å². The molecule has 0 unspecified atom stereocenters. The number of benzene rings is 1. The Balaban J connectivity index is 2.84. The highest BCUT2D eigenvalue weighted by molar-refractivity contribution is 7.80. The minimum absolute atomic E-state index is 0.290. The first-order valence-corrected chi connectivity index (χ1v) is 9.93. The molecule has 1 atom stereocenters. The number of hydrogen-bond donors (Lipinski definition) is 2. The van der Waals surface area contributed by atoms with Crippen molar-refractivity contribution < 1.29 is 14.3 Å². The van der Waals surface area contributed by atoms with Gasteiger partial charge in [0.25, 0.3) is 0 Å². The van der Waals surface area contributed by atoms with E-state index in [1.807, 2.05) is 63.1 Å². The van der Waals surface area contributed by atoms with E-state index in [0.717, 1.165) is 12.1 Å². The van der Waals surface area contributed by atoms with Gasteiger partial charge in [-0.15, -0.1) is 0 Å². The molecule has 0 saturated carbocycles. The van der Waals surface area contributed by atoms with E-state index < -0.39 is 23.3 Å². The van der Waals surface area contributed by atoms with Crippen LogP contribution < -0.4 is 15.5 Å². The van der Waals surface area contributed by atoms with Gasteiger partial charge in [0.2, 0.25) is 5.91 Å². The first kappa shape index (κ1) is 23.9. The van der Waals surface area contributed by atoms with Crippen molar-refractivity contribution in [2.45, 2.75) is 71.6 Å². The third-order valence-electron chi connectivity index (χ3n) is 4.00. The lowest BCUT2D eigenvalue weighted by Gasteiger charge is -2.34. The summed E-state index contributed by atoms with van der Waals surface area (Å²) < 4.78 is 5.27. The van der Waals surface area contributed by atoms with E-state index in [4.69, 9.17) is 17.0 Å². The van der Waals surface area contributed by atoms with Crippen molar-refractivity contribution in [1.29, 1.82) is 0 Å². The smallest absolute Gasteiger partial charge is 0.408 e. The van der Waals surface area contributed by atoms with Crippen molar-refractivity contribution in [3.63, 3.8) is 0 Å². The number of para-hydroxylation sites is 1. The number of ether oxygens (including phenoxy) is 1. The van der Waals surface area contributed by atoms with Crippen LogP contribution in [0.5, 0.6) is 0 Å². The Kier molecular flexibility index (Phi) is 8.42. The summed E-state index contributed by atoms with van der Waals surface area (Å²) in [4.78, 5) is 27.4. The number of rotatable bonds is 7. The van der Waals surface area contributed by atoms with Crippen molar-refractivity contribution >= 4 is 34.9 Å². The minimum atomic E-state index is -0.779. The minimum Gasteiger partial charge on any atom is -0.444 e. The van der Waals surface area contributed by atoms with E-state index in [1.165, 1.54) is 0 Å². The molecule has 0 bridgehead atoms. The van der Waals surface area contributed by atoms with Gasteiger partial charge in [-0.2, -0.15) is 0 Å². The van der Waals surface area contributed by atoms with Crippen LogP contribution in [0.1, 0.15) is 54.4 Å². The number of thiocarbonyl (C=S) groups is 1. The summed E-state index contributed by atoms with van der Waals surface area (Å²) in [7, 11) is 1.87. The van der Waals surface area contributed by atoms with Crippen LogP contribution in [-0.2, 0) is 9.53 Å². The highest BCUT2D eigenvalue weighted by atomic mass is 32.1. The number of nitrogens with one attached hydrogen (secondary N) is 2. The maximum Gasteiger partial charge on any atom is 0.408 e. The molecule has 0 aliphatic carbocycles. The molecule has 0 radical (unpaired) electrons. The molecule has 0 saturated heterocycles. The van der Waals surface area contributed by atoms with E-state index in [9.17, 15) is 9.59 Å². The Morgan fingerprint density at radius 3 is 2.21 bits per heavy atom. The highest BCUT2D eigenvalue weighted by Crippen LogP contribution is 2.18. The number of carbonyl (C=O) groups excluding carboxylic acids is 2. The summed E-state index contributed by atoms with van der Waals surface area (Å²) in [6, 6.07) is 9.01. The molecular weight excluding hydrogens is 374 g/mol. The normalized spacial score (nSPS) is 12.7. The third-order valence-corrected chi connectivity index (χ3v) is 4.79. The number of nitrogens with zero attached hydrogens (tertiary/aromatic N) is 1. The molecule has 7 heteroatoms. The van der Waals surface area contributed by atoms with E-state index in [2.05, 4.69) is 10.6 Å². The van der Waals surface area contributed by atoms with Crippen molar-refractivity contribution in [3.8, 4) is 0 Å². The Labute approximate surface area is 174 Å². The van der Waals surface area contributed by atoms with Gasteiger partial charge in [0, 0.05) is 12.7 Å². The van der Waals surface area contributed by atoms with Crippen LogP contribution in [0, 0.1) is 0 Å². The second-order valence-corrected chi connectivity index (χ2v) is 8.69. The molecule has 0 aliphatic rings. The number of carbonyl (C=O) groups is 2. The molecule has 1 aromatic rings. The van der Waals surface area contributed by atoms with E-state index in [-0.39, 0.29) is 5.91 Å². The van der Waals surface area contributed by atoms with Crippen molar-refractivity contribution in [2.75, 3.05) is 11.9 Å². The number of hydrogen-bond acceptors (Lipinski definition) is 4. The van der Waals surface area contributed by atoms with Crippen LogP contribution in [0.25, 0.3) is 0 Å². The van der Waals surface area contributed by atoms with Gasteiger partial charge in [0.05, 0.1) is 5.54 Å². The van der Waals surface area contributed by atoms with Crippen molar-refractivity contribution in [3.05, 3.63) is 30.3 Å². The molecule has 6 nitrogen and oxygen atoms in total. The Hall–Kier alpha value is -2.15. The lowest BCUT2D eigenvalue weighted by atomic mass is 10.0. The Morgan fingerprint density at radius 1 is 1.14 bits per heavy atom. The van der Waals surface area contributed by atoms with Crippen LogP contribution in [0.2, 0.25) is 0 Å². The van der Waals surface area contributed by atoms with Crippen LogP contribution in [0.3, 0.4) is 0 Å².